The molecule has 0 atom stereocenters. The van der Waals surface area contributed by atoms with Crippen molar-refractivity contribution in [1.82, 2.24) is 24.9 Å². The van der Waals surface area contributed by atoms with E-state index in [4.69, 9.17) is 0 Å². The van der Waals surface area contributed by atoms with Gasteiger partial charge in [-0.05, 0) is 11.6 Å². The van der Waals surface area contributed by atoms with Gasteiger partial charge in [-0.25, -0.2) is 4.68 Å². The first-order valence-electron chi connectivity index (χ1n) is 9.95. The fraction of sp³-hybridized carbons (Fsp3) is 0.174. The van der Waals surface area contributed by atoms with Gasteiger partial charge in [-0.1, -0.05) is 53.7 Å². The van der Waals surface area contributed by atoms with Gasteiger partial charge in [0.25, 0.3) is 11.7 Å². The molecule has 0 aliphatic carbocycles. The first-order chi connectivity index (χ1) is 15.5. The largest absolute Gasteiger partial charge is 0.468 e. The van der Waals surface area contributed by atoms with Crippen LogP contribution in [0.15, 0.2) is 67.0 Å². The average Bonchev–Trinajstić information content (AvgIpc) is 3.42. The Balaban J connectivity index is 1.55. The molecule has 0 radical (unpaired) electrons. The van der Waals surface area contributed by atoms with Crippen molar-refractivity contribution in [3.8, 4) is 0 Å². The number of fused-ring (bicyclic) bond motifs is 1. The van der Waals surface area contributed by atoms with Crippen LogP contribution in [0.5, 0.6) is 0 Å². The third kappa shape index (κ3) is 4.56. The van der Waals surface area contributed by atoms with Crippen LogP contribution in [0.2, 0.25) is 0 Å². The Morgan fingerprint density at radius 2 is 1.72 bits per heavy atom. The molecule has 0 fully saturated rings. The van der Waals surface area contributed by atoms with Crippen molar-refractivity contribution < 1.29 is 19.1 Å². The molecule has 162 valence electrons. The fourth-order valence-corrected chi connectivity index (χ4v) is 3.42. The summed E-state index contributed by atoms with van der Waals surface area (Å²) in [6.45, 7) is 0.612. The normalized spacial score (nSPS) is 10.8. The van der Waals surface area contributed by atoms with Crippen molar-refractivity contribution in [3.05, 3.63) is 83.8 Å². The Kier molecular flexibility index (Phi) is 6.07. The smallest absolute Gasteiger partial charge is 0.325 e. The van der Waals surface area contributed by atoms with Gasteiger partial charge in [0.2, 0.25) is 0 Å². The van der Waals surface area contributed by atoms with Crippen molar-refractivity contribution in [2.24, 2.45) is 0 Å². The molecule has 0 spiro atoms. The van der Waals surface area contributed by atoms with Crippen LogP contribution in [-0.4, -0.2) is 50.9 Å². The van der Waals surface area contributed by atoms with E-state index in [-0.39, 0.29) is 12.1 Å². The summed E-state index contributed by atoms with van der Waals surface area (Å²) in [6.07, 6.45) is 3.48. The van der Waals surface area contributed by atoms with Crippen LogP contribution in [0.3, 0.4) is 0 Å². The number of para-hydroxylation sites is 1. The van der Waals surface area contributed by atoms with Crippen molar-refractivity contribution in [1.29, 1.82) is 0 Å². The van der Waals surface area contributed by atoms with E-state index in [1.54, 1.807) is 23.0 Å². The van der Waals surface area contributed by atoms with E-state index in [1.165, 1.54) is 7.11 Å². The topological polar surface area (TPSA) is 108 Å². The molecule has 0 aliphatic heterocycles. The van der Waals surface area contributed by atoms with Crippen LogP contribution in [0.25, 0.3) is 10.9 Å². The molecule has 4 aromatic rings. The minimum atomic E-state index is -0.868. The number of benzene rings is 2. The third-order valence-corrected chi connectivity index (χ3v) is 4.97. The molecule has 0 aliphatic rings. The predicted molar refractivity (Wildman–Crippen MR) is 116 cm³/mol. The number of aromatic nitrogens is 4. The van der Waals surface area contributed by atoms with Gasteiger partial charge in [0.05, 0.1) is 32.0 Å². The zero-order valence-electron chi connectivity index (χ0n) is 17.4. The maximum absolute atomic E-state index is 12.7. The number of nitrogens with one attached hydrogen (secondary N) is 1. The van der Waals surface area contributed by atoms with Crippen LogP contribution in [0, 0.1) is 0 Å². The number of rotatable bonds is 8. The molecule has 0 bridgehead atoms. The minimum Gasteiger partial charge on any atom is -0.468 e. The van der Waals surface area contributed by atoms with Crippen LogP contribution < -0.4 is 5.32 Å². The molecule has 1 N–H and O–H groups in total. The van der Waals surface area contributed by atoms with Gasteiger partial charge in [0.1, 0.15) is 12.2 Å². The van der Waals surface area contributed by atoms with E-state index in [1.807, 2.05) is 53.2 Å². The van der Waals surface area contributed by atoms with Gasteiger partial charge in [0.15, 0.2) is 0 Å². The molecule has 9 nitrogen and oxygen atoms in total. The van der Waals surface area contributed by atoms with Gasteiger partial charge in [-0.15, -0.1) is 5.10 Å². The standard InChI is InChI=1S/C23H21N5O4/c1-32-21(29)11-24-23(31)22(30)19-15-27(20-10-6-5-9-18(19)20)13-17-14-28(26-25-17)12-16-7-3-2-4-8-16/h2-10,14-15H,11-13H2,1H3,(H,24,31). The van der Waals surface area contributed by atoms with Gasteiger partial charge in [-0.2, -0.15) is 0 Å². The number of hydrogen-bond donors (Lipinski definition) is 1. The Bertz CT molecular complexity index is 1280. The highest BCUT2D eigenvalue weighted by molar-refractivity contribution is 6.45. The number of Topliss-reactive ketones (excluding diaryl/α,β-unsaturated/α-hetero) is 1. The highest BCUT2D eigenvalue weighted by Gasteiger charge is 2.22. The Labute approximate surface area is 183 Å². The Morgan fingerprint density at radius 3 is 2.50 bits per heavy atom. The lowest BCUT2D eigenvalue weighted by atomic mass is 10.1. The fourth-order valence-electron chi connectivity index (χ4n) is 3.42. The minimum absolute atomic E-state index is 0.250. The molecule has 0 unspecified atom stereocenters. The van der Waals surface area contributed by atoms with Gasteiger partial charge < -0.3 is 14.6 Å². The summed E-state index contributed by atoms with van der Waals surface area (Å²) < 4.78 is 8.09. The van der Waals surface area contributed by atoms with Gasteiger partial charge >= 0.3 is 5.97 Å². The molecule has 0 saturated heterocycles. The number of amides is 1. The Hall–Kier alpha value is -4.27. The zero-order valence-corrected chi connectivity index (χ0v) is 17.4. The number of nitrogens with zero attached hydrogens (tertiary/aromatic N) is 4. The van der Waals surface area contributed by atoms with Crippen molar-refractivity contribution in [2.45, 2.75) is 13.1 Å². The highest BCUT2D eigenvalue weighted by atomic mass is 16.5. The van der Waals surface area contributed by atoms with E-state index in [2.05, 4.69) is 20.4 Å². The summed E-state index contributed by atoms with van der Waals surface area (Å²) in [5.41, 5.74) is 2.87. The van der Waals surface area contributed by atoms with Crippen LogP contribution >= 0.6 is 0 Å². The zero-order chi connectivity index (χ0) is 22.5. The predicted octanol–water partition coefficient (Wildman–Crippen LogP) is 1.80. The van der Waals surface area contributed by atoms with Crippen molar-refractivity contribution in [3.63, 3.8) is 0 Å². The molecule has 32 heavy (non-hydrogen) atoms. The summed E-state index contributed by atoms with van der Waals surface area (Å²) in [5, 5.41) is 11.3. The monoisotopic (exact) mass is 431 g/mol. The second-order valence-corrected chi connectivity index (χ2v) is 7.17. The first kappa shape index (κ1) is 21.0. The molecule has 2 aromatic heterocycles. The van der Waals surface area contributed by atoms with Crippen LogP contribution in [-0.2, 0) is 27.4 Å². The van der Waals surface area contributed by atoms with E-state index in [0.717, 1.165) is 16.8 Å². The molecule has 1 amide bonds. The second-order valence-electron chi connectivity index (χ2n) is 7.17. The maximum Gasteiger partial charge on any atom is 0.325 e. The molecule has 4 rings (SSSR count). The number of hydrogen-bond acceptors (Lipinski definition) is 6. The van der Waals surface area contributed by atoms with Gasteiger partial charge in [0, 0.05) is 17.1 Å². The van der Waals surface area contributed by atoms with Crippen molar-refractivity contribution >= 4 is 28.6 Å². The summed E-state index contributed by atoms with van der Waals surface area (Å²) in [5.74, 6) is -2.23. The number of carbonyl (C=O) groups is 3. The molecule has 9 heteroatoms. The number of ether oxygens (including phenoxy) is 1. The van der Waals surface area contributed by atoms with E-state index < -0.39 is 17.7 Å². The first-order valence-corrected chi connectivity index (χ1v) is 9.95. The lowest BCUT2D eigenvalue weighted by molar-refractivity contribution is -0.140. The summed E-state index contributed by atoms with van der Waals surface area (Å²) >= 11 is 0. The lowest BCUT2D eigenvalue weighted by Crippen LogP contribution is -2.35. The van der Waals surface area contributed by atoms with Crippen LogP contribution in [0.1, 0.15) is 21.6 Å². The Morgan fingerprint density at radius 1 is 0.969 bits per heavy atom. The summed E-state index contributed by atoms with van der Waals surface area (Å²) in [7, 11) is 1.21. The molecule has 2 heterocycles. The SMILES string of the molecule is COC(=O)CNC(=O)C(=O)c1cn(Cc2cn(Cc3ccccc3)nn2)c2ccccc12. The lowest BCUT2D eigenvalue weighted by Gasteiger charge is -2.02. The number of carbonyl (C=O) groups excluding carboxylic acids is 3. The second kappa shape index (κ2) is 9.25. The maximum atomic E-state index is 12.7. The highest BCUT2D eigenvalue weighted by Crippen LogP contribution is 2.22. The van der Waals surface area contributed by atoms with E-state index in [9.17, 15) is 14.4 Å². The third-order valence-electron chi connectivity index (χ3n) is 4.97. The summed E-state index contributed by atoms with van der Waals surface area (Å²) in [4.78, 5) is 36.2. The molecule has 2 aromatic carbocycles. The number of ketones is 1. The van der Waals surface area contributed by atoms with Gasteiger partial charge in [-0.3, -0.25) is 14.4 Å². The average molecular weight is 431 g/mol. The quantitative estimate of drug-likeness (QED) is 0.259. The molecular formula is C23H21N5O4. The molecular weight excluding hydrogens is 410 g/mol. The van der Waals surface area contributed by atoms with E-state index in [0.29, 0.717) is 18.5 Å². The molecule has 0 saturated carbocycles. The van der Waals surface area contributed by atoms with Crippen molar-refractivity contribution in [2.75, 3.05) is 13.7 Å². The summed E-state index contributed by atoms with van der Waals surface area (Å²) in [6, 6.07) is 17.2. The van der Waals surface area contributed by atoms with Crippen LogP contribution in [0.4, 0.5) is 0 Å². The number of methoxy groups -OCH3 is 1. The van der Waals surface area contributed by atoms with E-state index >= 15 is 0 Å². The number of esters is 1.